The maximum atomic E-state index is 3.81. The Labute approximate surface area is 86.3 Å². The van der Waals surface area contributed by atoms with Crippen LogP contribution in [0.25, 0.3) is 10.8 Å². The Kier molecular flexibility index (Phi) is 2.11. The molecule has 0 saturated heterocycles. The number of hydrogen-bond donors (Lipinski definition) is 0. The minimum atomic E-state index is 1.03. The van der Waals surface area contributed by atoms with E-state index in [9.17, 15) is 0 Å². The van der Waals surface area contributed by atoms with Gasteiger partial charge in [-0.3, -0.25) is 0 Å². The van der Waals surface area contributed by atoms with Crippen LogP contribution in [0.4, 0.5) is 0 Å². The lowest BCUT2D eigenvalue weighted by molar-refractivity contribution is 1.05. The van der Waals surface area contributed by atoms with Crippen LogP contribution in [0.3, 0.4) is 0 Å². The van der Waals surface area contributed by atoms with E-state index in [-0.39, 0.29) is 0 Å². The Morgan fingerprint density at radius 3 is 2.58 bits per heavy atom. The minimum Gasteiger partial charge on any atom is -0.158 e. The van der Waals surface area contributed by atoms with Crippen molar-refractivity contribution in [2.45, 2.75) is 0 Å². The number of hydrogen-bond acceptors (Lipinski definition) is 2. The van der Waals surface area contributed by atoms with Crippen LogP contribution >= 0.6 is 31.9 Å². The highest BCUT2D eigenvalue weighted by atomic mass is 79.9. The molecule has 0 saturated carbocycles. The number of nitrogens with zero attached hydrogens (tertiary/aromatic N) is 2. The molecule has 0 radical (unpaired) electrons. The van der Waals surface area contributed by atoms with Gasteiger partial charge in [-0.2, -0.15) is 10.2 Å². The quantitative estimate of drug-likeness (QED) is 0.744. The van der Waals surface area contributed by atoms with Crippen molar-refractivity contribution in [3.8, 4) is 0 Å². The van der Waals surface area contributed by atoms with Crippen LogP contribution in [0.15, 0.2) is 33.5 Å². The molecule has 0 aliphatic carbocycles. The molecule has 0 unspecified atom stereocenters. The van der Waals surface area contributed by atoms with Crippen molar-refractivity contribution < 1.29 is 0 Å². The van der Waals surface area contributed by atoms with E-state index in [1.165, 1.54) is 0 Å². The van der Waals surface area contributed by atoms with Crippen molar-refractivity contribution in [2.75, 3.05) is 0 Å². The summed E-state index contributed by atoms with van der Waals surface area (Å²) in [6.45, 7) is 0. The Morgan fingerprint density at radius 1 is 1.00 bits per heavy atom. The van der Waals surface area contributed by atoms with E-state index in [2.05, 4.69) is 42.1 Å². The van der Waals surface area contributed by atoms with Gasteiger partial charge >= 0.3 is 0 Å². The van der Waals surface area contributed by atoms with E-state index in [0.29, 0.717) is 0 Å². The second-order valence-electron chi connectivity index (χ2n) is 2.38. The zero-order chi connectivity index (χ0) is 8.55. The van der Waals surface area contributed by atoms with E-state index in [0.717, 1.165) is 19.7 Å². The van der Waals surface area contributed by atoms with Crippen LogP contribution in [-0.4, -0.2) is 10.2 Å². The van der Waals surface area contributed by atoms with Crippen molar-refractivity contribution in [3.63, 3.8) is 0 Å². The van der Waals surface area contributed by atoms with Gasteiger partial charge in [0.2, 0.25) is 0 Å². The fraction of sp³-hybridized carbons (Fsp3) is 0. The third-order valence-electron chi connectivity index (χ3n) is 1.58. The lowest BCUT2D eigenvalue weighted by atomic mass is 10.2. The SMILES string of the molecule is Brc1cc(Br)c2cnncc2c1. The molecule has 0 fully saturated rings. The molecule has 0 aliphatic rings. The molecule has 60 valence electrons. The average molecular weight is 288 g/mol. The van der Waals surface area contributed by atoms with E-state index in [1.54, 1.807) is 12.4 Å². The van der Waals surface area contributed by atoms with Gasteiger partial charge in [0.15, 0.2) is 0 Å². The van der Waals surface area contributed by atoms with Gasteiger partial charge in [0.25, 0.3) is 0 Å². The normalized spacial score (nSPS) is 10.5. The van der Waals surface area contributed by atoms with Crippen LogP contribution in [0.1, 0.15) is 0 Å². The Bertz CT molecular complexity index is 428. The summed E-state index contributed by atoms with van der Waals surface area (Å²) >= 11 is 6.85. The highest BCUT2D eigenvalue weighted by Crippen LogP contribution is 2.26. The summed E-state index contributed by atoms with van der Waals surface area (Å²) in [4.78, 5) is 0. The van der Waals surface area contributed by atoms with Gasteiger partial charge in [-0.1, -0.05) is 31.9 Å². The van der Waals surface area contributed by atoms with Gasteiger partial charge in [0.1, 0.15) is 0 Å². The van der Waals surface area contributed by atoms with E-state index < -0.39 is 0 Å². The molecule has 0 amide bonds. The van der Waals surface area contributed by atoms with E-state index >= 15 is 0 Å². The largest absolute Gasteiger partial charge is 0.158 e. The number of fused-ring (bicyclic) bond motifs is 1. The summed E-state index contributed by atoms with van der Waals surface area (Å²) in [6.07, 6.45) is 3.48. The summed E-state index contributed by atoms with van der Waals surface area (Å²) in [5.41, 5.74) is 0. The third kappa shape index (κ3) is 1.36. The highest BCUT2D eigenvalue weighted by Gasteiger charge is 1.99. The molecular formula is C8H4Br2N2. The molecule has 1 heterocycles. The second-order valence-corrected chi connectivity index (χ2v) is 4.15. The first kappa shape index (κ1) is 8.13. The summed E-state index contributed by atoms with van der Waals surface area (Å²) in [6, 6.07) is 4.00. The van der Waals surface area contributed by atoms with Crippen molar-refractivity contribution in [2.24, 2.45) is 0 Å². The van der Waals surface area contributed by atoms with E-state index in [4.69, 9.17) is 0 Å². The predicted molar refractivity (Wildman–Crippen MR) is 54.9 cm³/mol. The smallest absolute Gasteiger partial charge is 0.0586 e. The van der Waals surface area contributed by atoms with Crippen molar-refractivity contribution >= 4 is 42.6 Å². The number of rotatable bonds is 0. The monoisotopic (exact) mass is 286 g/mol. The van der Waals surface area contributed by atoms with Crippen LogP contribution in [0, 0.1) is 0 Å². The summed E-state index contributed by atoms with van der Waals surface area (Å²) in [5.74, 6) is 0. The lowest BCUT2D eigenvalue weighted by Crippen LogP contribution is -1.81. The maximum Gasteiger partial charge on any atom is 0.0586 e. The van der Waals surface area contributed by atoms with Gasteiger partial charge in [0.05, 0.1) is 12.4 Å². The van der Waals surface area contributed by atoms with Crippen molar-refractivity contribution in [1.29, 1.82) is 0 Å². The molecule has 1 aromatic heterocycles. The molecule has 0 N–H and O–H groups in total. The molecule has 0 bridgehead atoms. The van der Waals surface area contributed by atoms with Gasteiger partial charge in [0, 0.05) is 19.7 Å². The molecule has 12 heavy (non-hydrogen) atoms. The average Bonchev–Trinajstić information content (AvgIpc) is 2.04. The van der Waals surface area contributed by atoms with Gasteiger partial charge < -0.3 is 0 Å². The Balaban J connectivity index is 2.89. The first-order valence-corrected chi connectivity index (χ1v) is 4.91. The summed E-state index contributed by atoms with van der Waals surface area (Å²) < 4.78 is 2.07. The first-order chi connectivity index (χ1) is 5.77. The number of benzene rings is 1. The number of aromatic nitrogens is 2. The second kappa shape index (κ2) is 3.11. The summed E-state index contributed by atoms with van der Waals surface area (Å²) in [5, 5.41) is 9.76. The van der Waals surface area contributed by atoms with E-state index in [1.807, 2.05) is 12.1 Å². The molecule has 4 heteroatoms. The van der Waals surface area contributed by atoms with Crippen LogP contribution in [0.5, 0.6) is 0 Å². The van der Waals surface area contributed by atoms with Gasteiger partial charge in [-0.05, 0) is 12.1 Å². The van der Waals surface area contributed by atoms with Crippen molar-refractivity contribution in [1.82, 2.24) is 10.2 Å². The zero-order valence-electron chi connectivity index (χ0n) is 5.96. The molecule has 0 spiro atoms. The summed E-state index contributed by atoms with van der Waals surface area (Å²) in [7, 11) is 0. The van der Waals surface area contributed by atoms with Crippen molar-refractivity contribution in [3.05, 3.63) is 33.5 Å². The molecule has 2 rings (SSSR count). The molecule has 2 aromatic rings. The predicted octanol–water partition coefficient (Wildman–Crippen LogP) is 3.15. The zero-order valence-corrected chi connectivity index (χ0v) is 9.13. The molecule has 1 aromatic carbocycles. The highest BCUT2D eigenvalue weighted by molar-refractivity contribution is 9.11. The van der Waals surface area contributed by atoms with Gasteiger partial charge in [-0.15, -0.1) is 0 Å². The van der Waals surface area contributed by atoms with Gasteiger partial charge in [-0.25, -0.2) is 0 Å². The fourth-order valence-corrected chi connectivity index (χ4v) is 2.39. The molecule has 2 nitrogen and oxygen atoms in total. The standard InChI is InChI=1S/C8H4Br2N2/c9-6-1-5-3-11-12-4-7(5)8(10)2-6/h1-4H. The topological polar surface area (TPSA) is 25.8 Å². The molecule has 0 aliphatic heterocycles. The molecular weight excluding hydrogens is 284 g/mol. The number of halogens is 2. The third-order valence-corrected chi connectivity index (χ3v) is 2.69. The minimum absolute atomic E-state index is 1.03. The molecule has 0 atom stereocenters. The fourth-order valence-electron chi connectivity index (χ4n) is 1.03. The van der Waals surface area contributed by atoms with Crippen LogP contribution in [0.2, 0.25) is 0 Å². The Hall–Kier alpha value is -0.480. The lowest BCUT2D eigenvalue weighted by Gasteiger charge is -1.99. The Morgan fingerprint density at radius 2 is 1.75 bits per heavy atom. The van der Waals surface area contributed by atoms with Crippen LogP contribution in [-0.2, 0) is 0 Å². The van der Waals surface area contributed by atoms with Crippen LogP contribution < -0.4 is 0 Å². The first-order valence-electron chi connectivity index (χ1n) is 3.33. The maximum absolute atomic E-state index is 3.81.